The number of anilines is 1. The largest absolute Gasteiger partial charge is 0.479 e. The minimum atomic E-state index is -1.02. The Morgan fingerprint density at radius 1 is 1.20 bits per heavy atom. The molecule has 0 amide bonds. The second-order valence-corrected chi connectivity index (χ2v) is 5.76. The van der Waals surface area contributed by atoms with E-state index in [0.29, 0.717) is 25.8 Å². The maximum absolute atomic E-state index is 11.5. The Balaban J connectivity index is 2.40. The Bertz CT molecular complexity index is 649. The Kier molecular flexibility index (Phi) is 4.91. The van der Waals surface area contributed by atoms with E-state index in [9.17, 15) is 9.90 Å². The first-order chi connectivity index (χ1) is 9.49. The molecule has 2 rings (SSSR count). The fourth-order valence-corrected chi connectivity index (χ4v) is 2.59. The van der Waals surface area contributed by atoms with Crippen LogP contribution in [0.25, 0.3) is 0 Å². The topological polar surface area (TPSA) is 49.3 Å². The lowest BCUT2D eigenvalue weighted by Gasteiger charge is -2.18. The zero-order valence-corrected chi connectivity index (χ0v) is 13.2. The van der Waals surface area contributed by atoms with Crippen LogP contribution in [0.3, 0.4) is 0 Å². The van der Waals surface area contributed by atoms with Crippen molar-refractivity contribution in [3.8, 4) is 0 Å². The minimum Gasteiger partial charge on any atom is -0.479 e. The van der Waals surface area contributed by atoms with Crippen molar-refractivity contribution in [1.29, 1.82) is 0 Å². The van der Waals surface area contributed by atoms with Gasteiger partial charge >= 0.3 is 5.97 Å². The van der Waals surface area contributed by atoms with E-state index in [1.807, 2.05) is 0 Å². The SMILES string of the molecule is O=C(O)C(Nc1ccccc1Cl)c1cc(Cl)ccc1Br. The number of hydrogen-bond acceptors (Lipinski definition) is 2. The monoisotopic (exact) mass is 373 g/mol. The number of aliphatic carboxylic acids is 1. The number of carbonyl (C=O) groups is 1. The summed E-state index contributed by atoms with van der Waals surface area (Å²) < 4.78 is 0.661. The van der Waals surface area contributed by atoms with Gasteiger partial charge in [-0.1, -0.05) is 51.3 Å². The Hall–Kier alpha value is -1.23. The molecule has 0 radical (unpaired) electrons. The zero-order chi connectivity index (χ0) is 14.7. The first-order valence-electron chi connectivity index (χ1n) is 5.68. The van der Waals surface area contributed by atoms with E-state index in [0.717, 1.165) is 0 Å². The highest BCUT2D eigenvalue weighted by Gasteiger charge is 2.23. The molecule has 0 saturated carbocycles. The van der Waals surface area contributed by atoms with Crippen molar-refractivity contribution in [2.24, 2.45) is 0 Å². The van der Waals surface area contributed by atoms with Gasteiger partial charge in [0.05, 0.1) is 10.7 Å². The number of halogens is 3. The highest BCUT2D eigenvalue weighted by Crippen LogP contribution is 2.31. The second-order valence-electron chi connectivity index (χ2n) is 4.06. The zero-order valence-electron chi connectivity index (χ0n) is 10.1. The van der Waals surface area contributed by atoms with Gasteiger partial charge in [0.25, 0.3) is 0 Å². The molecule has 20 heavy (non-hydrogen) atoms. The molecule has 2 aromatic carbocycles. The lowest BCUT2D eigenvalue weighted by Crippen LogP contribution is -2.21. The van der Waals surface area contributed by atoms with Gasteiger partial charge in [-0.3, -0.25) is 0 Å². The van der Waals surface area contributed by atoms with Crippen molar-refractivity contribution in [2.75, 3.05) is 5.32 Å². The first kappa shape index (κ1) is 15.2. The molecule has 0 aliphatic heterocycles. The van der Waals surface area contributed by atoms with Crippen molar-refractivity contribution < 1.29 is 9.90 Å². The van der Waals surface area contributed by atoms with Crippen LogP contribution >= 0.6 is 39.1 Å². The van der Waals surface area contributed by atoms with Crippen LogP contribution in [0.4, 0.5) is 5.69 Å². The van der Waals surface area contributed by atoms with E-state index < -0.39 is 12.0 Å². The molecule has 2 aromatic rings. The minimum absolute atomic E-state index is 0.455. The third-order valence-corrected chi connectivity index (χ3v) is 3.98. The molecule has 3 nitrogen and oxygen atoms in total. The summed E-state index contributed by atoms with van der Waals surface area (Å²) in [7, 11) is 0. The van der Waals surface area contributed by atoms with Gasteiger partial charge < -0.3 is 10.4 Å². The van der Waals surface area contributed by atoms with Crippen LogP contribution in [0.2, 0.25) is 10.0 Å². The van der Waals surface area contributed by atoms with Gasteiger partial charge in [-0.15, -0.1) is 0 Å². The van der Waals surface area contributed by atoms with Crippen molar-refractivity contribution in [3.05, 3.63) is 62.5 Å². The number of para-hydroxylation sites is 1. The summed E-state index contributed by atoms with van der Waals surface area (Å²) in [4.78, 5) is 11.5. The maximum atomic E-state index is 11.5. The molecule has 0 saturated heterocycles. The van der Waals surface area contributed by atoms with E-state index in [1.54, 1.807) is 42.5 Å². The van der Waals surface area contributed by atoms with Gasteiger partial charge in [-0.05, 0) is 30.3 Å². The molecule has 104 valence electrons. The third kappa shape index (κ3) is 3.45. The lowest BCUT2D eigenvalue weighted by atomic mass is 10.1. The number of hydrogen-bond donors (Lipinski definition) is 2. The van der Waals surface area contributed by atoms with Crippen LogP contribution in [-0.2, 0) is 4.79 Å². The highest BCUT2D eigenvalue weighted by molar-refractivity contribution is 9.10. The maximum Gasteiger partial charge on any atom is 0.330 e. The summed E-state index contributed by atoms with van der Waals surface area (Å²) in [5.41, 5.74) is 1.08. The summed E-state index contributed by atoms with van der Waals surface area (Å²) in [5, 5.41) is 13.3. The van der Waals surface area contributed by atoms with Crippen molar-refractivity contribution in [3.63, 3.8) is 0 Å². The van der Waals surface area contributed by atoms with E-state index in [1.165, 1.54) is 0 Å². The summed E-state index contributed by atoms with van der Waals surface area (Å²) >= 11 is 15.3. The van der Waals surface area contributed by atoms with Crippen molar-refractivity contribution in [2.45, 2.75) is 6.04 Å². The normalized spacial score (nSPS) is 11.9. The summed E-state index contributed by atoms with van der Waals surface area (Å²) in [5.74, 6) is -1.02. The van der Waals surface area contributed by atoms with E-state index in [4.69, 9.17) is 23.2 Å². The summed E-state index contributed by atoms with van der Waals surface area (Å²) in [6.07, 6.45) is 0. The molecule has 1 unspecified atom stereocenters. The quantitative estimate of drug-likeness (QED) is 0.792. The molecule has 0 aliphatic rings. The van der Waals surface area contributed by atoms with Crippen molar-refractivity contribution >= 4 is 50.8 Å². The molecule has 0 bridgehead atoms. The van der Waals surface area contributed by atoms with Gasteiger partial charge in [0.1, 0.15) is 0 Å². The third-order valence-electron chi connectivity index (χ3n) is 2.69. The fourth-order valence-electron chi connectivity index (χ4n) is 1.74. The Morgan fingerprint density at radius 2 is 1.90 bits per heavy atom. The summed E-state index contributed by atoms with van der Waals surface area (Å²) in [6, 6.07) is 11.0. The van der Waals surface area contributed by atoms with Crippen LogP contribution < -0.4 is 5.32 Å². The van der Waals surface area contributed by atoms with Crippen LogP contribution in [-0.4, -0.2) is 11.1 Å². The Labute approximate surface area is 134 Å². The molecule has 2 N–H and O–H groups in total. The molecular weight excluding hydrogens is 365 g/mol. The van der Waals surface area contributed by atoms with Crippen LogP contribution in [0.15, 0.2) is 46.9 Å². The molecular formula is C14H10BrCl2NO2. The number of benzene rings is 2. The molecule has 0 aliphatic carbocycles. The Morgan fingerprint density at radius 3 is 2.55 bits per heavy atom. The molecule has 0 aromatic heterocycles. The standard InChI is InChI=1S/C14H10BrCl2NO2/c15-10-6-5-8(16)7-9(10)13(14(19)20)18-12-4-2-1-3-11(12)17/h1-7,13,18H,(H,19,20). The van der Waals surface area contributed by atoms with Gasteiger partial charge in [0.2, 0.25) is 0 Å². The van der Waals surface area contributed by atoms with E-state index >= 15 is 0 Å². The smallest absolute Gasteiger partial charge is 0.330 e. The molecule has 6 heteroatoms. The molecule has 0 fully saturated rings. The summed E-state index contributed by atoms with van der Waals surface area (Å²) in [6.45, 7) is 0. The highest BCUT2D eigenvalue weighted by atomic mass is 79.9. The fraction of sp³-hybridized carbons (Fsp3) is 0.0714. The number of nitrogens with one attached hydrogen (secondary N) is 1. The second kappa shape index (κ2) is 6.48. The average Bonchev–Trinajstić information content (AvgIpc) is 2.40. The average molecular weight is 375 g/mol. The van der Waals surface area contributed by atoms with Gasteiger partial charge in [-0.25, -0.2) is 4.79 Å². The van der Waals surface area contributed by atoms with Crippen LogP contribution in [0.5, 0.6) is 0 Å². The van der Waals surface area contributed by atoms with Gasteiger partial charge in [0.15, 0.2) is 6.04 Å². The number of rotatable bonds is 4. The molecule has 0 heterocycles. The van der Waals surface area contributed by atoms with E-state index in [-0.39, 0.29) is 0 Å². The molecule has 1 atom stereocenters. The lowest BCUT2D eigenvalue weighted by molar-refractivity contribution is -0.138. The van der Waals surface area contributed by atoms with Crippen molar-refractivity contribution in [1.82, 2.24) is 0 Å². The van der Waals surface area contributed by atoms with Gasteiger partial charge in [-0.2, -0.15) is 0 Å². The predicted octanol–water partition coefficient (Wildman–Crippen LogP) is 4.99. The van der Waals surface area contributed by atoms with Gasteiger partial charge in [0, 0.05) is 15.1 Å². The van der Waals surface area contributed by atoms with E-state index in [2.05, 4.69) is 21.2 Å². The first-order valence-corrected chi connectivity index (χ1v) is 7.23. The van der Waals surface area contributed by atoms with Crippen LogP contribution in [0.1, 0.15) is 11.6 Å². The molecule has 0 spiro atoms. The number of carboxylic acids is 1. The number of carboxylic acid groups (broad SMARTS) is 1. The van der Waals surface area contributed by atoms with Crippen LogP contribution in [0, 0.1) is 0 Å². The predicted molar refractivity (Wildman–Crippen MR) is 84.6 cm³/mol.